The van der Waals surface area contributed by atoms with E-state index in [0.717, 1.165) is 22.5 Å². The van der Waals surface area contributed by atoms with Gasteiger partial charge in [-0.25, -0.2) is 4.79 Å². The van der Waals surface area contributed by atoms with Gasteiger partial charge in [0.2, 0.25) is 0 Å². The van der Waals surface area contributed by atoms with Crippen LogP contribution in [0.2, 0.25) is 0 Å². The van der Waals surface area contributed by atoms with E-state index in [9.17, 15) is 9.59 Å². The molecular weight excluding hydrogens is 354 g/mol. The van der Waals surface area contributed by atoms with Gasteiger partial charge in [-0.2, -0.15) is 0 Å². The number of hydrogen-bond acceptors (Lipinski definition) is 5. The monoisotopic (exact) mass is 381 g/mol. The molecule has 1 aromatic heterocycles. The van der Waals surface area contributed by atoms with Gasteiger partial charge in [0.15, 0.2) is 0 Å². The average Bonchev–Trinajstić information content (AvgIpc) is 2.71. The molecule has 148 valence electrons. The number of anilines is 1. The fourth-order valence-electron chi connectivity index (χ4n) is 2.83. The second kappa shape index (κ2) is 9.60. The van der Waals surface area contributed by atoms with Crippen LogP contribution in [0, 0.1) is 0 Å². The molecule has 1 N–H and O–H groups in total. The molecule has 2 heterocycles. The lowest BCUT2D eigenvalue weighted by molar-refractivity contribution is 0.0600. The fourth-order valence-corrected chi connectivity index (χ4v) is 2.83. The van der Waals surface area contributed by atoms with Crippen molar-refractivity contribution in [2.45, 2.75) is 20.3 Å². The minimum Gasteiger partial charge on any atom is -0.465 e. The first kappa shape index (κ1) is 21.0. The summed E-state index contributed by atoms with van der Waals surface area (Å²) in [6.45, 7) is 4.00. The van der Waals surface area contributed by atoms with Crippen LogP contribution in [-0.2, 0) is 11.8 Å². The van der Waals surface area contributed by atoms with Crippen molar-refractivity contribution in [2.24, 2.45) is 7.05 Å². The standard InChI is InChI=1S/C20H21N3O3.C2H6/c1-22-12-16(14-4-6-15(7-5-14)20(25)26-3)10-18(13-22)21-17-8-9-23(2)19(24)11-17;1-2/h4-9,11-13,21H,10H2,1-3H3;1-2H3. The number of aryl methyl sites for hydroxylation is 1. The first-order chi connectivity index (χ1) is 13.5. The lowest BCUT2D eigenvalue weighted by atomic mass is 9.99. The van der Waals surface area contributed by atoms with E-state index in [-0.39, 0.29) is 11.5 Å². The number of ether oxygens (including phenoxy) is 1. The molecule has 0 spiro atoms. The van der Waals surface area contributed by atoms with E-state index in [1.165, 1.54) is 11.7 Å². The Kier molecular flexibility index (Phi) is 7.21. The Morgan fingerprint density at radius 2 is 1.75 bits per heavy atom. The summed E-state index contributed by atoms with van der Waals surface area (Å²) >= 11 is 0. The number of carbonyl (C=O) groups is 1. The minimum absolute atomic E-state index is 0.0612. The summed E-state index contributed by atoms with van der Waals surface area (Å²) in [4.78, 5) is 25.3. The van der Waals surface area contributed by atoms with Crippen LogP contribution >= 0.6 is 0 Å². The average molecular weight is 381 g/mol. The highest BCUT2D eigenvalue weighted by atomic mass is 16.5. The number of rotatable bonds is 4. The third kappa shape index (κ3) is 5.13. The number of aromatic nitrogens is 1. The van der Waals surface area contributed by atoms with E-state index in [4.69, 9.17) is 4.74 Å². The lowest BCUT2D eigenvalue weighted by Gasteiger charge is -2.23. The van der Waals surface area contributed by atoms with Gasteiger partial charge in [-0.1, -0.05) is 26.0 Å². The Morgan fingerprint density at radius 3 is 2.36 bits per heavy atom. The largest absolute Gasteiger partial charge is 0.465 e. The maximum absolute atomic E-state index is 11.8. The van der Waals surface area contributed by atoms with Gasteiger partial charge in [-0.3, -0.25) is 4.79 Å². The first-order valence-corrected chi connectivity index (χ1v) is 9.22. The summed E-state index contributed by atoms with van der Waals surface area (Å²) in [6.07, 6.45) is 6.46. The van der Waals surface area contributed by atoms with E-state index in [0.29, 0.717) is 12.0 Å². The zero-order chi connectivity index (χ0) is 20.7. The summed E-state index contributed by atoms with van der Waals surface area (Å²) in [6, 6.07) is 10.8. The van der Waals surface area contributed by atoms with Crippen LogP contribution in [0.25, 0.3) is 5.57 Å². The molecule has 0 amide bonds. The lowest BCUT2D eigenvalue weighted by Crippen LogP contribution is -2.17. The molecular formula is C22H27N3O3. The third-order valence-electron chi connectivity index (χ3n) is 4.19. The molecule has 0 aliphatic carbocycles. The molecule has 1 aliphatic heterocycles. The topological polar surface area (TPSA) is 63.6 Å². The minimum atomic E-state index is -0.348. The molecule has 2 aromatic rings. The van der Waals surface area contributed by atoms with Crippen LogP contribution in [-0.4, -0.2) is 29.6 Å². The van der Waals surface area contributed by atoms with Crippen LogP contribution in [0.15, 0.2) is 65.5 Å². The molecule has 0 radical (unpaired) electrons. The van der Waals surface area contributed by atoms with Crippen molar-refractivity contribution in [3.8, 4) is 0 Å². The maximum Gasteiger partial charge on any atom is 0.337 e. The third-order valence-corrected chi connectivity index (χ3v) is 4.19. The first-order valence-electron chi connectivity index (χ1n) is 9.22. The Hall–Kier alpha value is -3.28. The van der Waals surface area contributed by atoms with E-state index in [1.807, 2.05) is 56.4 Å². The van der Waals surface area contributed by atoms with E-state index >= 15 is 0 Å². The van der Waals surface area contributed by atoms with Gasteiger partial charge in [0.1, 0.15) is 0 Å². The number of esters is 1. The van der Waals surface area contributed by atoms with Gasteiger partial charge in [-0.05, 0) is 29.3 Å². The molecule has 0 fully saturated rings. The smallest absolute Gasteiger partial charge is 0.337 e. The van der Waals surface area contributed by atoms with Gasteiger partial charge >= 0.3 is 5.97 Å². The highest BCUT2D eigenvalue weighted by Crippen LogP contribution is 2.28. The van der Waals surface area contributed by atoms with Crippen molar-refractivity contribution in [1.29, 1.82) is 0 Å². The number of nitrogens with one attached hydrogen (secondary N) is 1. The summed E-state index contributed by atoms with van der Waals surface area (Å²) in [5.41, 5.74) is 4.34. The number of nitrogens with zero attached hydrogens (tertiary/aromatic N) is 2. The van der Waals surface area contributed by atoms with Crippen LogP contribution in [0.5, 0.6) is 0 Å². The summed E-state index contributed by atoms with van der Waals surface area (Å²) in [5.74, 6) is -0.348. The number of pyridine rings is 1. The van der Waals surface area contributed by atoms with Crippen molar-refractivity contribution in [3.63, 3.8) is 0 Å². The number of allylic oxidation sites excluding steroid dienone is 1. The molecule has 0 saturated carbocycles. The number of hydrogen-bond donors (Lipinski definition) is 1. The van der Waals surface area contributed by atoms with Crippen molar-refractivity contribution in [2.75, 3.05) is 19.5 Å². The van der Waals surface area contributed by atoms with Crippen LogP contribution in [0.3, 0.4) is 0 Å². The Balaban J connectivity index is 0.00000136. The molecule has 28 heavy (non-hydrogen) atoms. The highest BCUT2D eigenvalue weighted by Gasteiger charge is 2.13. The SMILES string of the molecule is CC.COC(=O)c1ccc(C2=CN(C)C=C(Nc3ccn(C)c(=O)c3)C2)cc1. The Bertz CT molecular complexity index is 940. The molecule has 6 nitrogen and oxygen atoms in total. The molecule has 0 saturated heterocycles. The van der Waals surface area contributed by atoms with Gasteiger partial charge < -0.3 is 19.5 Å². The van der Waals surface area contributed by atoms with Gasteiger partial charge in [0.05, 0.1) is 12.7 Å². The van der Waals surface area contributed by atoms with Crippen molar-refractivity contribution in [3.05, 3.63) is 82.2 Å². The highest BCUT2D eigenvalue weighted by molar-refractivity contribution is 5.89. The van der Waals surface area contributed by atoms with Crippen LogP contribution < -0.4 is 10.9 Å². The van der Waals surface area contributed by atoms with Gasteiger partial charge in [0, 0.05) is 56.6 Å². The van der Waals surface area contributed by atoms with Gasteiger partial charge in [-0.15, -0.1) is 0 Å². The molecule has 0 atom stereocenters. The molecule has 3 rings (SSSR count). The quantitative estimate of drug-likeness (QED) is 0.816. The predicted octanol–water partition coefficient (Wildman–Crippen LogP) is 3.83. The van der Waals surface area contributed by atoms with Crippen molar-refractivity contribution in [1.82, 2.24) is 9.47 Å². The van der Waals surface area contributed by atoms with Crippen molar-refractivity contribution >= 4 is 17.2 Å². The van der Waals surface area contributed by atoms with Crippen molar-refractivity contribution < 1.29 is 9.53 Å². The summed E-state index contributed by atoms with van der Waals surface area (Å²) in [5, 5.41) is 3.31. The predicted molar refractivity (Wildman–Crippen MR) is 113 cm³/mol. The molecule has 1 aromatic carbocycles. The fraction of sp³-hybridized carbons (Fsp3) is 0.273. The Morgan fingerprint density at radius 1 is 1.07 bits per heavy atom. The number of benzene rings is 1. The molecule has 0 unspecified atom stereocenters. The van der Waals surface area contributed by atoms with Crippen LogP contribution in [0.1, 0.15) is 36.2 Å². The second-order valence-corrected chi connectivity index (χ2v) is 6.21. The summed E-state index contributed by atoms with van der Waals surface area (Å²) < 4.78 is 6.26. The van der Waals surface area contributed by atoms with Gasteiger partial charge in [0.25, 0.3) is 5.56 Å². The summed E-state index contributed by atoms with van der Waals surface area (Å²) in [7, 11) is 5.04. The second-order valence-electron chi connectivity index (χ2n) is 6.21. The Labute approximate surface area is 165 Å². The zero-order valence-corrected chi connectivity index (χ0v) is 17.0. The van der Waals surface area contributed by atoms with Crippen LogP contribution in [0.4, 0.5) is 5.69 Å². The zero-order valence-electron chi connectivity index (χ0n) is 17.0. The number of methoxy groups -OCH3 is 1. The molecule has 6 heteroatoms. The van der Waals surface area contributed by atoms with E-state index in [1.54, 1.807) is 31.4 Å². The van der Waals surface area contributed by atoms with E-state index < -0.39 is 0 Å². The number of carbonyl (C=O) groups excluding carboxylic acids is 1. The maximum atomic E-state index is 11.8. The molecule has 1 aliphatic rings. The van der Waals surface area contributed by atoms with E-state index in [2.05, 4.69) is 5.32 Å². The molecule has 0 bridgehead atoms. The normalized spacial score (nSPS) is 13.0.